The lowest BCUT2D eigenvalue weighted by molar-refractivity contribution is 0.813. The lowest BCUT2D eigenvalue weighted by Gasteiger charge is -2.08. The van der Waals surface area contributed by atoms with Crippen LogP contribution in [-0.2, 0) is 6.54 Å². The van der Waals surface area contributed by atoms with E-state index in [0.29, 0.717) is 6.04 Å². The van der Waals surface area contributed by atoms with Crippen molar-refractivity contribution < 1.29 is 0 Å². The molecule has 0 aromatic carbocycles. The van der Waals surface area contributed by atoms with Crippen LogP contribution in [0, 0.1) is 0 Å². The lowest BCUT2D eigenvalue weighted by Crippen LogP contribution is -2.11. The third kappa shape index (κ3) is 2.18. The summed E-state index contributed by atoms with van der Waals surface area (Å²) < 4.78 is 0. The van der Waals surface area contributed by atoms with E-state index in [1.54, 1.807) is 0 Å². The number of rotatable bonds is 4. The second-order valence-corrected chi connectivity index (χ2v) is 3.46. The molecule has 1 heterocycles. The van der Waals surface area contributed by atoms with Gasteiger partial charge in [-0.05, 0) is 26.0 Å². The first kappa shape index (κ1) is 8.51. The number of nitrogens with zero attached hydrogens (tertiary/aromatic N) is 1. The monoisotopic (exact) mass is 177 g/mol. The Kier molecular flexibility index (Phi) is 2.45. The van der Waals surface area contributed by atoms with Crippen LogP contribution < -0.4 is 10.6 Å². The molecule has 3 nitrogen and oxygen atoms in total. The van der Waals surface area contributed by atoms with Crippen molar-refractivity contribution in [3.63, 3.8) is 0 Å². The van der Waals surface area contributed by atoms with Crippen molar-refractivity contribution in [2.45, 2.75) is 25.4 Å². The molecule has 0 spiro atoms. The third-order valence-electron chi connectivity index (χ3n) is 2.18. The summed E-state index contributed by atoms with van der Waals surface area (Å²) in [6.07, 6.45) is 4.41. The molecule has 13 heavy (non-hydrogen) atoms. The fourth-order valence-corrected chi connectivity index (χ4v) is 1.32. The summed E-state index contributed by atoms with van der Waals surface area (Å²) in [7, 11) is 1.95. The van der Waals surface area contributed by atoms with Crippen molar-refractivity contribution in [3.8, 4) is 0 Å². The normalized spacial score (nSPS) is 15.8. The van der Waals surface area contributed by atoms with Crippen LogP contribution in [0.2, 0.25) is 0 Å². The Labute approximate surface area is 78.6 Å². The van der Waals surface area contributed by atoms with Crippen molar-refractivity contribution in [1.82, 2.24) is 10.3 Å². The van der Waals surface area contributed by atoms with E-state index in [2.05, 4.69) is 21.7 Å². The first-order valence-corrected chi connectivity index (χ1v) is 4.75. The molecule has 0 aliphatic heterocycles. The zero-order chi connectivity index (χ0) is 9.10. The van der Waals surface area contributed by atoms with Crippen molar-refractivity contribution in [1.29, 1.82) is 0 Å². The van der Waals surface area contributed by atoms with Crippen molar-refractivity contribution >= 4 is 5.82 Å². The van der Waals surface area contributed by atoms with Gasteiger partial charge in [-0.25, -0.2) is 4.98 Å². The van der Waals surface area contributed by atoms with Crippen LogP contribution in [0.3, 0.4) is 0 Å². The van der Waals surface area contributed by atoms with Crippen LogP contribution >= 0.6 is 0 Å². The summed E-state index contributed by atoms with van der Waals surface area (Å²) in [4.78, 5) is 4.33. The maximum Gasteiger partial charge on any atom is 0.130 e. The van der Waals surface area contributed by atoms with Gasteiger partial charge in [-0.2, -0.15) is 0 Å². The first-order valence-electron chi connectivity index (χ1n) is 4.75. The number of hydrogen-bond donors (Lipinski definition) is 2. The molecule has 3 heteroatoms. The van der Waals surface area contributed by atoms with Gasteiger partial charge in [-0.1, -0.05) is 6.07 Å². The molecule has 1 aromatic heterocycles. The fraction of sp³-hybridized carbons (Fsp3) is 0.500. The Balaban J connectivity index is 2.10. The van der Waals surface area contributed by atoms with Gasteiger partial charge in [-0.15, -0.1) is 0 Å². The van der Waals surface area contributed by atoms with Crippen LogP contribution in [0.5, 0.6) is 0 Å². The molecule has 0 radical (unpaired) electrons. The van der Waals surface area contributed by atoms with E-state index in [0.717, 1.165) is 12.4 Å². The van der Waals surface area contributed by atoms with Crippen LogP contribution in [0.15, 0.2) is 18.3 Å². The zero-order valence-corrected chi connectivity index (χ0v) is 7.88. The molecule has 0 bridgehead atoms. The standard InChI is InChI=1S/C10H15N3/c1-11-7-8-3-2-6-12-10(8)13-9-4-5-9/h2-3,6,9,11H,4-5,7H2,1H3,(H,12,13). The van der Waals surface area contributed by atoms with Crippen molar-refractivity contribution in [2.75, 3.05) is 12.4 Å². The average molecular weight is 177 g/mol. The Bertz CT molecular complexity index is 281. The highest BCUT2D eigenvalue weighted by Gasteiger charge is 2.21. The highest BCUT2D eigenvalue weighted by atomic mass is 15.0. The highest BCUT2D eigenvalue weighted by molar-refractivity contribution is 5.45. The van der Waals surface area contributed by atoms with Gasteiger partial charge in [0.15, 0.2) is 0 Å². The molecule has 1 saturated carbocycles. The van der Waals surface area contributed by atoms with E-state index in [1.165, 1.54) is 18.4 Å². The molecule has 1 aromatic rings. The number of anilines is 1. The highest BCUT2D eigenvalue weighted by Crippen LogP contribution is 2.25. The summed E-state index contributed by atoms with van der Waals surface area (Å²) in [5.41, 5.74) is 1.25. The Hall–Kier alpha value is -1.09. The lowest BCUT2D eigenvalue weighted by atomic mass is 10.2. The minimum atomic E-state index is 0.672. The molecule has 2 N–H and O–H groups in total. The van der Waals surface area contributed by atoms with Gasteiger partial charge < -0.3 is 10.6 Å². The van der Waals surface area contributed by atoms with Crippen molar-refractivity contribution in [3.05, 3.63) is 23.9 Å². The molecule has 0 amide bonds. The summed E-state index contributed by atoms with van der Waals surface area (Å²) >= 11 is 0. The van der Waals surface area contributed by atoms with Gasteiger partial charge in [0.1, 0.15) is 5.82 Å². The maximum atomic E-state index is 4.33. The minimum absolute atomic E-state index is 0.672. The topological polar surface area (TPSA) is 37.0 Å². The van der Waals surface area contributed by atoms with Gasteiger partial charge in [0, 0.05) is 24.3 Å². The van der Waals surface area contributed by atoms with E-state index < -0.39 is 0 Å². The average Bonchev–Trinajstić information content (AvgIpc) is 2.93. The van der Waals surface area contributed by atoms with Gasteiger partial charge >= 0.3 is 0 Å². The quantitative estimate of drug-likeness (QED) is 0.729. The molecule has 1 aliphatic carbocycles. The summed E-state index contributed by atoms with van der Waals surface area (Å²) in [5.74, 6) is 1.04. The number of pyridine rings is 1. The Morgan fingerprint density at radius 1 is 1.54 bits per heavy atom. The van der Waals surface area contributed by atoms with Crippen LogP contribution in [0.1, 0.15) is 18.4 Å². The molecule has 1 fully saturated rings. The maximum absolute atomic E-state index is 4.33. The third-order valence-corrected chi connectivity index (χ3v) is 2.18. The van der Waals surface area contributed by atoms with Crippen LogP contribution in [0.4, 0.5) is 5.82 Å². The van der Waals surface area contributed by atoms with Gasteiger partial charge in [-0.3, -0.25) is 0 Å². The molecule has 0 atom stereocenters. The van der Waals surface area contributed by atoms with E-state index in [-0.39, 0.29) is 0 Å². The number of aromatic nitrogens is 1. The van der Waals surface area contributed by atoms with Crippen molar-refractivity contribution in [2.24, 2.45) is 0 Å². The zero-order valence-electron chi connectivity index (χ0n) is 7.88. The molecule has 0 unspecified atom stereocenters. The van der Waals surface area contributed by atoms with E-state index >= 15 is 0 Å². The molecule has 2 rings (SSSR count). The predicted molar refractivity (Wildman–Crippen MR) is 53.6 cm³/mol. The molecule has 0 saturated heterocycles. The van der Waals surface area contributed by atoms with Gasteiger partial charge in [0.2, 0.25) is 0 Å². The number of nitrogens with one attached hydrogen (secondary N) is 2. The van der Waals surface area contributed by atoms with Gasteiger partial charge in [0.05, 0.1) is 0 Å². The van der Waals surface area contributed by atoms with Crippen LogP contribution in [-0.4, -0.2) is 18.1 Å². The second-order valence-electron chi connectivity index (χ2n) is 3.46. The Morgan fingerprint density at radius 2 is 2.38 bits per heavy atom. The predicted octanol–water partition coefficient (Wildman–Crippen LogP) is 1.38. The van der Waals surface area contributed by atoms with Crippen LogP contribution in [0.25, 0.3) is 0 Å². The summed E-state index contributed by atoms with van der Waals surface area (Å²) in [6.45, 7) is 0.878. The molecule has 70 valence electrons. The number of hydrogen-bond acceptors (Lipinski definition) is 3. The largest absolute Gasteiger partial charge is 0.367 e. The summed E-state index contributed by atoms with van der Waals surface area (Å²) in [6, 6.07) is 4.75. The molecule has 1 aliphatic rings. The molecular formula is C10H15N3. The molecular weight excluding hydrogens is 162 g/mol. The minimum Gasteiger partial charge on any atom is -0.367 e. The SMILES string of the molecule is CNCc1cccnc1NC1CC1. The smallest absolute Gasteiger partial charge is 0.130 e. The second kappa shape index (κ2) is 3.75. The fourth-order valence-electron chi connectivity index (χ4n) is 1.32. The van der Waals surface area contributed by atoms with E-state index in [4.69, 9.17) is 0 Å². The Morgan fingerprint density at radius 3 is 3.08 bits per heavy atom. The first-order chi connectivity index (χ1) is 6.40. The van der Waals surface area contributed by atoms with E-state index in [1.807, 2.05) is 19.3 Å². The van der Waals surface area contributed by atoms with Gasteiger partial charge in [0.25, 0.3) is 0 Å². The van der Waals surface area contributed by atoms with E-state index in [9.17, 15) is 0 Å². The summed E-state index contributed by atoms with van der Waals surface area (Å²) in [5, 5.41) is 6.56.